The Morgan fingerprint density at radius 2 is 2.11 bits per heavy atom. The topological polar surface area (TPSA) is 61.4 Å². The fraction of sp³-hybridized carbons (Fsp3) is 0.462. The molecule has 1 aromatic carbocycles. The Kier molecular flexibility index (Phi) is 4.99. The van der Waals surface area contributed by atoms with Crippen molar-refractivity contribution in [2.75, 3.05) is 11.9 Å². The van der Waals surface area contributed by atoms with Gasteiger partial charge in [0.15, 0.2) is 0 Å². The maximum atomic E-state index is 12.2. The van der Waals surface area contributed by atoms with Gasteiger partial charge in [-0.1, -0.05) is 6.92 Å². The number of rotatable bonds is 3. The fourth-order valence-corrected chi connectivity index (χ4v) is 2.26. The van der Waals surface area contributed by atoms with E-state index in [4.69, 9.17) is 0 Å². The molecule has 1 saturated heterocycles. The Balaban J connectivity index is 0.00000162. The number of anilines is 1. The van der Waals surface area contributed by atoms with Gasteiger partial charge in [0.05, 0.1) is 5.54 Å². The van der Waals surface area contributed by atoms with E-state index in [-0.39, 0.29) is 24.1 Å². The minimum Gasteiger partial charge on any atom is -0.508 e. The van der Waals surface area contributed by atoms with E-state index in [2.05, 4.69) is 10.6 Å². The van der Waals surface area contributed by atoms with Crippen LogP contribution >= 0.6 is 12.4 Å². The van der Waals surface area contributed by atoms with Crippen LogP contribution in [0.2, 0.25) is 0 Å². The third kappa shape index (κ3) is 2.94. The van der Waals surface area contributed by atoms with Gasteiger partial charge in [0, 0.05) is 5.69 Å². The predicted molar refractivity (Wildman–Crippen MR) is 74.2 cm³/mol. The van der Waals surface area contributed by atoms with Crippen molar-refractivity contribution in [3.63, 3.8) is 0 Å². The summed E-state index contributed by atoms with van der Waals surface area (Å²) >= 11 is 0. The normalized spacial score (nSPS) is 22.3. The van der Waals surface area contributed by atoms with Crippen LogP contribution in [0.4, 0.5) is 5.69 Å². The standard InChI is InChI=1S/C13H18N2O2.ClH/c1-2-13(8-3-9-14-13)12(17)15-10-4-6-11(16)7-5-10;/h4-7,14,16H,2-3,8-9H2,1H3,(H,15,17);1H. The number of aromatic hydroxyl groups is 1. The van der Waals surface area contributed by atoms with E-state index in [0.29, 0.717) is 5.69 Å². The van der Waals surface area contributed by atoms with Gasteiger partial charge in [-0.25, -0.2) is 0 Å². The van der Waals surface area contributed by atoms with Crippen LogP contribution < -0.4 is 10.6 Å². The van der Waals surface area contributed by atoms with E-state index in [1.165, 1.54) is 0 Å². The number of benzene rings is 1. The highest BCUT2D eigenvalue weighted by atomic mass is 35.5. The minimum atomic E-state index is -0.419. The SMILES string of the molecule is CCC1(C(=O)Nc2ccc(O)cc2)CCCN1.Cl. The van der Waals surface area contributed by atoms with Crippen LogP contribution in [-0.2, 0) is 4.79 Å². The third-order valence-corrected chi connectivity index (χ3v) is 3.41. The van der Waals surface area contributed by atoms with Crippen molar-refractivity contribution in [3.8, 4) is 5.75 Å². The van der Waals surface area contributed by atoms with Gasteiger partial charge in [0.1, 0.15) is 5.75 Å². The van der Waals surface area contributed by atoms with E-state index in [1.54, 1.807) is 24.3 Å². The summed E-state index contributed by atoms with van der Waals surface area (Å²) in [5.74, 6) is 0.218. The molecule has 3 N–H and O–H groups in total. The van der Waals surface area contributed by atoms with Crippen LogP contribution in [0.3, 0.4) is 0 Å². The summed E-state index contributed by atoms with van der Waals surface area (Å²) < 4.78 is 0. The van der Waals surface area contributed by atoms with Crippen molar-refractivity contribution < 1.29 is 9.90 Å². The average molecular weight is 271 g/mol. The molecule has 1 atom stereocenters. The Morgan fingerprint density at radius 3 is 2.61 bits per heavy atom. The first-order chi connectivity index (χ1) is 8.16. The van der Waals surface area contributed by atoms with Gasteiger partial charge in [0.25, 0.3) is 0 Å². The predicted octanol–water partition coefficient (Wildman–Crippen LogP) is 2.28. The highest BCUT2D eigenvalue weighted by Crippen LogP contribution is 2.25. The molecule has 0 aromatic heterocycles. The van der Waals surface area contributed by atoms with Crippen LogP contribution in [0.25, 0.3) is 0 Å². The lowest BCUT2D eigenvalue weighted by molar-refractivity contribution is -0.122. The fourth-order valence-electron chi connectivity index (χ4n) is 2.26. The zero-order valence-electron chi connectivity index (χ0n) is 10.4. The van der Waals surface area contributed by atoms with E-state index in [0.717, 1.165) is 25.8 Å². The van der Waals surface area contributed by atoms with E-state index < -0.39 is 5.54 Å². The van der Waals surface area contributed by atoms with Crippen molar-refractivity contribution >= 4 is 24.0 Å². The highest BCUT2D eigenvalue weighted by Gasteiger charge is 2.38. The van der Waals surface area contributed by atoms with Crippen LogP contribution in [0.15, 0.2) is 24.3 Å². The van der Waals surface area contributed by atoms with Gasteiger partial charge < -0.3 is 15.7 Å². The molecular formula is C13H19ClN2O2. The molecule has 1 unspecified atom stereocenters. The molecule has 1 amide bonds. The average Bonchev–Trinajstić information content (AvgIpc) is 2.82. The number of amides is 1. The molecule has 1 aromatic rings. The van der Waals surface area contributed by atoms with Gasteiger partial charge in [0.2, 0.25) is 5.91 Å². The number of hydrogen-bond donors (Lipinski definition) is 3. The summed E-state index contributed by atoms with van der Waals surface area (Å²) in [4.78, 5) is 12.2. The molecule has 0 spiro atoms. The number of nitrogens with one attached hydrogen (secondary N) is 2. The molecule has 2 rings (SSSR count). The lowest BCUT2D eigenvalue weighted by Gasteiger charge is -2.26. The second kappa shape index (κ2) is 6.07. The van der Waals surface area contributed by atoms with Crippen LogP contribution in [0, 0.1) is 0 Å². The molecule has 1 aliphatic rings. The molecule has 1 aliphatic heterocycles. The molecule has 18 heavy (non-hydrogen) atoms. The summed E-state index contributed by atoms with van der Waals surface area (Å²) in [6.45, 7) is 2.92. The molecule has 1 heterocycles. The summed E-state index contributed by atoms with van der Waals surface area (Å²) in [6, 6.07) is 6.53. The Hall–Kier alpha value is -1.26. The molecule has 0 saturated carbocycles. The zero-order valence-corrected chi connectivity index (χ0v) is 11.2. The number of hydrogen-bond acceptors (Lipinski definition) is 3. The first-order valence-electron chi connectivity index (χ1n) is 6.02. The maximum Gasteiger partial charge on any atom is 0.244 e. The second-order valence-electron chi connectivity index (χ2n) is 4.47. The molecule has 100 valence electrons. The summed E-state index contributed by atoms with van der Waals surface area (Å²) in [5, 5.41) is 15.4. The molecule has 0 aliphatic carbocycles. The van der Waals surface area contributed by atoms with Crippen molar-refractivity contribution in [2.45, 2.75) is 31.7 Å². The van der Waals surface area contributed by atoms with Crippen LogP contribution in [0.5, 0.6) is 5.75 Å². The summed E-state index contributed by atoms with van der Waals surface area (Å²) in [6.07, 6.45) is 2.71. The molecule has 4 nitrogen and oxygen atoms in total. The lowest BCUT2D eigenvalue weighted by Crippen LogP contribution is -2.50. The van der Waals surface area contributed by atoms with E-state index in [1.807, 2.05) is 6.92 Å². The minimum absolute atomic E-state index is 0. The largest absolute Gasteiger partial charge is 0.508 e. The van der Waals surface area contributed by atoms with Gasteiger partial charge >= 0.3 is 0 Å². The maximum absolute atomic E-state index is 12.2. The molecule has 0 bridgehead atoms. The molecule has 0 radical (unpaired) electrons. The quantitative estimate of drug-likeness (QED) is 0.739. The smallest absolute Gasteiger partial charge is 0.244 e. The van der Waals surface area contributed by atoms with Gasteiger partial charge in [-0.15, -0.1) is 12.4 Å². The number of halogens is 1. The Labute approximate surface area is 113 Å². The first-order valence-corrected chi connectivity index (χ1v) is 6.02. The molecule has 5 heteroatoms. The summed E-state index contributed by atoms with van der Waals surface area (Å²) in [5.41, 5.74) is 0.298. The Bertz CT molecular complexity index is 400. The number of phenols is 1. The van der Waals surface area contributed by atoms with E-state index in [9.17, 15) is 9.90 Å². The lowest BCUT2D eigenvalue weighted by atomic mass is 9.93. The van der Waals surface area contributed by atoms with Crippen molar-refractivity contribution in [2.24, 2.45) is 0 Å². The summed E-state index contributed by atoms with van der Waals surface area (Å²) in [7, 11) is 0. The van der Waals surface area contributed by atoms with Gasteiger partial charge in [-0.3, -0.25) is 4.79 Å². The number of carbonyl (C=O) groups is 1. The van der Waals surface area contributed by atoms with Gasteiger partial charge in [-0.05, 0) is 50.1 Å². The van der Waals surface area contributed by atoms with Crippen LogP contribution in [0.1, 0.15) is 26.2 Å². The van der Waals surface area contributed by atoms with Crippen LogP contribution in [-0.4, -0.2) is 23.1 Å². The van der Waals surface area contributed by atoms with E-state index >= 15 is 0 Å². The zero-order chi connectivity index (χ0) is 12.3. The van der Waals surface area contributed by atoms with Crippen molar-refractivity contribution in [1.29, 1.82) is 0 Å². The third-order valence-electron chi connectivity index (χ3n) is 3.41. The Morgan fingerprint density at radius 1 is 1.44 bits per heavy atom. The number of carbonyl (C=O) groups excluding carboxylic acids is 1. The molecule has 1 fully saturated rings. The number of phenolic OH excluding ortho intramolecular Hbond substituents is 1. The van der Waals surface area contributed by atoms with Crippen molar-refractivity contribution in [1.82, 2.24) is 5.32 Å². The van der Waals surface area contributed by atoms with Gasteiger partial charge in [-0.2, -0.15) is 0 Å². The van der Waals surface area contributed by atoms with Crippen molar-refractivity contribution in [3.05, 3.63) is 24.3 Å². The first kappa shape index (κ1) is 14.8. The second-order valence-corrected chi connectivity index (χ2v) is 4.47. The molecular weight excluding hydrogens is 252 g/mol. The monoisotopic (exact) mass is 270 g/mol. The highest BCUT2D eigenvalue weighted by molar-refractivity contribution is 5.98.